The normalized spacial score (nSPS) is 17.7. The zero-order chi connectivity index (χ0) is 11.9. The summed E-state index contributed by atoms with van der Waals surface area (Å²) in [6.45, 7) is 6.00. The number of hydrogen-bond donors (Lipinski definition) is 0. The van der Waals surface area contributed by atoms with Crippen LogP contribution in [-0.2, 0) is 5.41 Å². The van der Waals surface area contributed by atoms with Gasteiger partial charge in [0.25, 0.3) is 0 Å². The minimum Gasteiger partial charge on any atom is -0.197 e. The van der Waals surface area contributed by atoms with Gasteiger partial charge in [0.2, 0.25) is 0 Å². The summed E-state index contributed by atoms with van der Waals surface area (Å²) < 4.78 is 0. The van der Waals surface area contributed by atoms with Gasteiger partial charge >= 0.3 is 0 Å². The summed E-state index contributed by atoms with van der Waals surface area (Å²) in [5.41, 5.74) is 1.03. The molecule has 0 aromatic heterocycles. The molecule has 1 aliphatic rings. The van der Waals surface area contributed by atoms with Crippen LogP contribution in [0, 0.1) is 11.3 Å². The van der Waals surface area contributed by atoms with E-state index >= 15 is 0 Å². The van der Waals surface area contributed by atoms with Crippen LogP contribution in [0.15, 0.2) is 43.5 Å². The Morgan fingerprint density at radius 1 is 1.00 bits per heavy atom. The van der Waals surface area contributed by atoms with E-state index in [1.54, 1.807) is 0 Å². The predicted molar refractivity (Wildman–Crippen MR) is 68.1 cm³/mol. The number of hydrogen-bond acceptors (Lipinski definition) is 1. The number of nitriles is 1. The molecule has 0 saturated heterocycles. The third-order valence-electron chi connectivity index (χ3n) is 3.25. The first kappa shape index (κ1) is 12.5. The highest BCUT2D eigenvalue weighted by molar-refractivity contribution is 5.32. The SMILES string of the molecule is C=C.N#CC1(c2ccccc2)CCCCC1. The zero-order valence-corrected chi connectivity index (χ0v) is 9.78. The van der Waals surface area contributed by atoms with Gasteiger partial charge in [-0.3, -0.25) is 0 Å². The molecule has 2 rings (SSSR count). The minimum atomic E-state index is -0.181. The molecule has 0 radical (unpaired) electrons. The molecular formula is C15H19N. The third-order valence-corrected chi connectivity index (χ3v) is 3.25. The van der Waals surface area contributed by atoms with Crippen LogP contribution < -0.4 is 0 Å². The lowest BCUT2D eigenvalue weighted by Gasteiger charge is -2.30. The molecule has 0 spiro atoms. The smallest absolute Gasteiger partial charge is 0.0822 e. The Morgan fingerprint density at radius 2 is 1.56 bits per heavy atom. The Hall–Kier alpha value is -1.55. The summed E-state index contributed by atoms with van der Waals surface area (Å²) >= 11 is 0. The van der Waals surface area contributed by atoms with Crippen molar-refractivity contribution in [3.05, 3.63) is 49.1 Å². The van der Waals surface area contributed by atoms with Gasteiger partial charge in [0.05, 0.1) is 11.5 Å². The van der Waals surface area contributed by atoms with Gasteiger partial charge in [0.1, 0.15) is 0 Å². The van der Waals surface area contributed by atoms with Gasteiger partial charge in [-0.15, -0.1) is 13.2 Å². The first-order valence-electron chi connectivity index (χ1n) is 5.84. The molecule has 0 unspecified atom stereocenters. The molecule has 0 atom stereocenters. The number of benzene rings is 1. The highest BCUT2D eigenvalue weighted by atomic mass is 14.4. The van der Waals surface area contributed by atoms with Crippen LogP contribution in [-0.4, -0.2) is 0 Å². The molecule has 1 fully saturated rings. The molecule has 0 bridgehead atoms. The fourth-order valence-corrected chi connectivity index (χ4v) is 2.38. The Balaban J connectivity index is 0.000000606. The number of rotatable bonds is 1. The van der Waals surface area contributed by atoms with Crippen molar-refractivity contribution >= 4 is 0 Å². The van der Waals surface area contributed by atoms with Crippen molar-refractivity contribution in [2.24, 2.45) is 0 Å². The highest BCUT2D eigenvalue weighted by Crippen LogP contribution is 2.38. The molecule has 0 heterocycles. The van der Waals surface area contributed by atoms with Crippen LogP contribution in [0.5, 0.6) is 0 Å². The minimum absolute atomic E-state index is 0.181. The maximum Gasteiger partial charge on any atom is 0.0822 e. The molecule has 84 valence electrons. The van der Waals surface area contributed by atoms with Crippen molar-refractivity contribution < 1.29 is 0 Å². The van der Waals surface area contributed by atoms with Crippen LogP contribution in [0.3, 0.4) is 0 Å². The topological polar surface area (TPSA) is 23.8 Å². The predicted octanol–water partition coefficient (Wildman–Crippen LogP) is 4.21. The molecule has 1 aromatic carbocycles. The maximum atomic E-state index is 9.34. The fraction of sp³-hybridized carbons (Fsp3) is 0.400. The Kier molecular flexibility index (Phi) is 4.79. The average Bonchev–Trinajstić information content (AvgIpc) is 2.43. The van der Waals surface area contributed by atoms with E-state index in [4.69, 9.17) is 0 Å². The summed E-state index contributed by atoms with van der Waals surface area (Å²) in [5, 5.41) is 9.34. The van der Waals surface area contributed by atoms with Crippen LogP contribution in [0.25, 0.3) is 0 Å². The average molecular weight is 213 g/mol. The lowest BCUT2D eigenvalue weighted by atomic mass is 9.70. The second kappa shape index (κ2) is 6.12. The van der Waals surface area contributed by atoms with E-state index in [2.05, 4.69) is 31.4 Å². The second-order valence-corrected chi connectivity index (χ2v) is 4.12. The van der Waals surface area contributed by atoms with E-state index in [-0.39, 0.29) is 5.41 Å². The summed E-state index contributed by atoms with van der Waals surface area (Å²) in [6, 6.07) is 12.8. The molecule has 1 nitrogen and oxygen atoms in total. The molecular weight excluding hydrogens is 194 g/mol. The quantitative estimate of drug-likeness (QED) is 0.641. The van der Waals surface area contributed by atoms with Crippen molar-refractivity contribution in [2.75, 3.05) is 0 Å². The Labute approximate surface area is 98.4 Å². The summed E-state index contributed by atoms with van der Waals surface area (Å²) in [7, 11) is 0. The van der Waals surface area contributed by atoms with E-state index in [0.29, 0.717) is 0 Å². The van der Waals surface area contributed by atoms with Gasteiger partial charge < -0.3 is 0 Å². The van der Waals surface area contributed by atoms with Gasteiger partial charge in [0, 0.05) is 0 Å². The standard InChI is InChI=1S/C13H15N.C2H4/c14-11-13(9-5-2-6-10-13)12-7-3-1-4-8-12;1-2/h1,3-4,7-8H,2,5-6,9-10H2;1-2H2. The summed E-state index contributed by atoms with van der Waals surface area (Å²) in [4.78, 5) is 0. The second-order valence-electron chi connectivity index (χ2n) is 4.12. The molecule has 0 amide bonds. The first-order valence-corrected chi connectivity index (χ1v) is 5.84. The molecule has 1 heteroatoms. The van der Waals surface area contributed by atoms with Gasteiger partial charge in [-0.05, 0) is 18.4 Å². The molecule has 0 aliphatic heterocycles. The zero-order valence-electron chi connectivity index (χ0n) is 9.78. The largest absolute Gasteiger partial charge is 0.197 e. The van der Waals surface area contributed by atoms with Crippen LogP contribution in [0.4, 0.5) is 0 Å². The van der Waals surface area contributed by atoms with Crippen molar-refractivity contribution in [2.45, 2.75) is 37.5 Å². The lowest BCUT2D eigenvalue weighted by Crippen LogP contribution is -2.26. The van der Waals surface area contributed by atoms with Gasteiger partial charge in [-0.1, -0.05) is 49.6 Å². The fourth-order valence-electron chi connectivity index (χ4n) is 2.38. The van der Waals surface area contributed by atoms with E-state index in [1.807, 2.05) is 18.2 Å². The molecule has 0 N–H and O–H groups in total. The number of nitrogens with zero attached hydrogens (tertiary/aromatic N) is 1. The molecule has 1 aliphatic carbocycles. The molecule has 1 saturated carbocycles. The maximum absolute atomic E-state index is 9.34. The van der Waals surface area contributed by atoms with Gasteiger partial charge in [0.15, 0.2) is 0 Å². The van der Waals surface area contributed by atoms with Crippen LogP contribution in [0.1, 0.15) is 37.7 Å². The Morgan fingerprint density at radius 3 is 2.06 bits per heavy atom. The first-order chi connectivity index (χ1) is 7.87. The summed E-state index contributed by atoms with van der Waals surface area (Å²) in [5.74, 6) is 0. The van der Waals surface area contributed by atoms with Crippen molar-refractivity contribution in [1.29, 1.82) is 5.26 Å². The monoisotopic (exact) mass is 213 g/mol. The van der Waals surface area contributed by atoms with E-state index < -0.39 is 0 Å². The van der Waals surface area contributed by atoms with Crippen LogP contribution in [0.2, 0.25) is 0 Å². The van der Waals surface area contributed by atoms with E-state index in [1.165, 1.54) is 24.8 Å². The van der Waals surface area contributed by atoms with Crippen molar-refractivity contribution in [3.8, 4) is 6.07 Å². The van der Waals surface area contributed by atoms with Gasteiger partial charge in [-0.25, -0.2) is 0 Å². The van der Waals surface area contributed by atoms with Crippen molar-refractivity contribution in [1.82, 2.24) is 0 Å². The highest BCUT2D eigenvalue weighted by Gasteiger charge is 2.33. The van der Waals surface area contributed by atoms with Crippen LogP contribution >= 0.6 is 0 Å². The van der Waals surface area contributed by atoms with E-state index in [0.717, 1.165) is 12.8 Å². The molecule has 1 aromatic rings. The Bertz CT molecular complexity index is 341. The summed E-state index contributed by atoms with van der Waals surface area (Å²) in [6.07, 6.45) is 5.75. The van der Waals surface area contributed by atoms with Gasteiger partial charge in [-0.2, -0.15) is 5.26 Å². The lowest BCUT2D eigenvalue weighted by molar-refractivity contribution is 0.366. The van der Waals surface area contributed by atoms with Crippen molar-refractivity contribution in [3.63, 3.8) is 0 Å². The molecule has 16 heavy (non-hydrogen) atoms. The van der Waals surface area contributed by atoms with E-state index in [9.17, 15) is 5.26 Å². The third kappa shape index (κ3) is 2.52.